The molecule has 7 rings (SSSR count). The Kier molecular flexibility index (Phi) is 19.7. The molecule has 5 N–H and O–H groups in total. The molecule has 8 nitrogen and oxygen atoms in total. The maximum atomic E-state index is 13.6. The normalized spacial score (nSPS) is 11.3. The van der Waals surface area contributed by atoms with Crippen LogP contribution < -0.4 is 10.1 Å². The lowest BCUT2D eigenvalue weighted by Gasteiger charge is -2.09. The van der Waals surface area contributed by atoms with E-state index in [4.69, 9.17) is 55.1 Å². The molecule has 0 spiro atoms. The van der Waals surface area contributed by atoms with Crippen LogP contribution in [0.5, 0.6) is 0 Å². The molecule has 7 aromatic rings. The number of halogens is 15. The molecule has 4 aromatic carbocycles. The Morgan fingerprint density at radius 1 is 0.536 bits per heavy atom. The molecule has 3 heterocycles. The summed E-state index contributed by atoms with van der Waals surface area (Å²) in [6, 6.07) is 20.4. The van der Waals surface area contributed by atoms with Crippen LogP contribution in [0.1, 0.15) is 45.7 Å². The average Bonchev–Trinajstić information content (AvgIpc) is 4.06. The smallest absolute Gasteiger partial charge is 0.477 e. The maximum absolute atomic E-state index is 13.6. The van der Waals surface area contributed by atoms with Crippen molar-refractivity contribution in [1.82, 2.24) is 0 Å². The van der Waals surface area contributed by atoms with Gasteiger partial charge in [0.25, 0.3) is 5.91 Å². The van der Waals surface area contributed by atoms with Crippen molar-refractivity contribution >= 4 is 127 Å². The molecule has 0 aliphatic heterocycles. The molecule has 0 aliphatic carbocycles. The second-order valence-electron chi connectivity index (χ2n) is 13.1. The fourth-order valence-electron chi connectivity index (χ4n) is 5.05. The predicted molar refractivity (Wildman–Crippen MR) is 251 cm³/mol. The van der Waals surface area contributed by atoms with Crippen LogP contribution in [-0.2, 0) is 18.5 Å². The molecule has 0 saturated heterocycles. The molecule has 0 aliphatic rings. The molecule has 0 fully saturated rings. The number of amides is 1. The lowest BCUT2D eigenvalue weighted by Crippen LogP contribution is -2.26. The first-order valence-electron chi connectivity index (χ1n) is 18.1. The van der Waals surface area contributed by atoms with E-state index in [1.54, 1.807) is 22.6 Å². The molecule has 0 radical (unpaired) electrons. The van der Waals surface area contributed by atoms with Crippen molar-refractivity contribution in [3.63, 3.8) is 0 Å². The maximum Gasteiger partial charge on any atom is 0.499 e. The van der Waals surface area contributed by atoms with E-state index in [0.29, 0.717) is 18.3 Å². The second-order valence-corrected chi connectivity index (χ2v) is 18.7. The number of rotatable bonds is 7. The van der Waals surface area contributed by atoms with Gasteiger partial charge in [0.15, 0.2) is 0 Å². The largest absolute Gasteiger partial charge is 0.499 e. The topological polar surface area (TPSA) is 144 Å². The Morgan fingerprint density at radius 3 is 1.30 bits per heavy atom. The van der Waals surface area contributed by atoms with Gasteiger partial charge in [-0.05, 0) is 120 Å². The third-order valence-corrected chi connectivity index (χ3v) is 13.8. The van der Waals surface area contributed by atoms with Gasteiger partial charge in [0, 0.05) is 39.3 Å². The first-order chi connectivity index (χ1) is 32.0. The quantitative estimate of drug-likeness (QED) is 0.0607. The number of thiophene rings is 3. The first kappa shape index (κ1) is 56.8. The van der Waals surface area contributed by atoms with E-state index in [2.05, 4.69) is 5.32 Å². The van der Waals surface area contributed by atoms with Crippen molar-refractivity contribution in [3.05, 3.63) is 171 Å². The van der Waals surface area contributed by atoms with Crippen molar-refractivity contribution < 1.29 is 82.9 Å². The number of carboxylic acids is 2. The molecule has 0 bridgehead atoms. The van der Waals surface area contributed by atoms with Gasteiger partial charge in [0.05, 0.1) is 26.6 Å². The van der Waals surface area contributed by atoms with Crippen LogP contribution in [0.2, 0.25) is 15.1 Å². The molecule has 364 valence electrons. The summed E-state index contributed by atoms with van der Waals surface area (Å²) in [6.07, 6.45) is -13.3. The number of nitrogens with one attached hydrogen (secondary N) is 1. The highest BCUT2D eigenvalue weighted by molar-refractivity contribution is 14.1. The van der Waals surface area contributed by atoms with Crippen LogP contribution in [0.15, 0.2) is 109 Å². The van der Waals surface area contributed by atoms with Crippen molar-refractivity contribution in [2.45, 2.75) is 18.5 Å². The average molecular weight is 1200 g/mol. The van der Waals surface area contributed by atoms with E-state index in [0.717, 1.165) is 101 Å². The monoisotopic (exact) mass is 1200 g/mol. The Labute approximate surface area is 422 Å². The van der Waals surface area contributed by atoms with E-state index in [-0.39, 0.29) is 40.6 Å². The summed E-state index contributed by atoms with van der Waals surface area (Å²) in [5.74, 6) is -4.86. The number of carboxylic acid groups (broad SMARTS) is 2. The van der Waals surface area contributed by atoms with Crippen LogP contribution in [0.3, 0.4) is 0 Å². The zero-order chi connectivity index (χ0) is 51.8. The van der Waals surface area contributed by atoms with Crippen LogP contribution in [0.25, 0.3) is 20.9 Å². The number of benzene rings is 4. The lowest BCUT2D eigenvalue weighted by molar-refractivity contribution is -0.138. The first-order valence-corrected chi connectivity index (χ1v) is 22.8. The Bertz CT molecular complexity index is 2940. The highest BCUT2D eigenvalue weighted by Crippen LogP contribution is 2.40. The zero-order valence-electron chi connectivity index (χ0n) is 33.4. The van der Waals surface area contributed by atoms with Crippen molar-refractivity contribution in [2.24, 2.45) is 0 Å². The third kappa shape index (κ3) is 16.1. The van der Waals surface area contributed by atoms with Gasteiger partial charge in [-0.15, -0.1) is 34.0 Å². The minimum Gasteiger partial charge on any atom is -0.477 e. The van der Waals surface area contributed by atoms with E-state index >= 15 is 0 Å². The summed E-state index contributed by atoms with van der Waals surface area (Å²) >= 11 is 21.7. The van der Waals surface area contributed by atoms with Gasteiger partial charge in [-0.3, -0.25) is 4.79 Å². The number of aromatic carboxylic acids is 2. The van der Waals surface area contributed by atoms with Crippen LogP contribution >= 0.6 is 91.4 Å². The van der Waals surface area contributed by atoms with Gasteiger partial charge < -0.3 is 25.6 Å². The minimum atomic E-state index is -4.54. The number of carbonyl (C=O) groups excluding carboxylic acids is 1. The standard InChI is InChI=1S/C18H9ClF5NOS.C12H6ClF3O2S.C7H3ClF3I.C5H5BO4S/c19-11-5-4-9(18(22,23)24)8-10(11)14-6-7-15(27-14)17(26)25-16-12(20)2-1-3-13(16)21;13-8-2-1-6(12(14,15)16)5-7(8)9-3-4-10(19-9)11(17)18;8-5-2-1-4(3-6(5)12)7(9,10)11;7-5(8)3-1-2-4(11-3)6(9)10/h1-8H,(H,25,26);1-5H,(H,17,18);1-3H;1-2,9-10H,(H,7,8). The van der Waals surface area contributed by atoms with Gasteiger partial charge in [-0.25, -0.2) is 18.4 Å². The van der Waals surface area contributed by atoms with Gasteiger partial charge in [0.2, 0.25) is 0 Å². The van der Waals surface area contributed by atoms with E-state index in [9.17, 15) is 62.7 Å². The van der Waals surface area contributed by atoms with Gasteiger partial charge >= 0.3 is 37.6 Å². The van der Waals surface area contributed by atoms with Crippen molar-refractivity contribution in [2.75, 3.05) is 5.32 Å². The molecule has 0 atom stereocenters. The molecule has 69 heavy (non-hydrogen) atoms. The fourth-order valence-corrected chi connectivity index (χ4v) is 8.76. The van der Waals surface area contributed by atoms with E-state index in [1.807, 2.05) is 0 Å². The van der Waals surface area contributed by atoms with Crippen molar-refractivity contribution in [1.29, 1.82) is 0 Å². The highest BCUT2D eigenvalue weighted by atomic mass is 127. The Hall–Kier alpha value is -4.80. The number of alkyl halides is 9. The molecular weight excluding hydrogens is 1180 g/mol. The Morgan fingerprint density at radius 2 is 0.928 bits per heavy atom. The number of anilines is 1. The number of carbonyl (C=O) groups is 3. The summed E-state index contributed by atoms with van der Waals surface area (Å²) in [6.45, 7) is 0. The molecule has 3 aromatic heterocycles. The van der Waals surface area contributed by atoms with E-state index < -0.39 is 77.5 Å². The highest BCUT2D eigenvalue weighted by Gasteiger charge is 2.33. The summed E-state index contributed by atoms with van der Waals surface area (Å²) in [7, 11) is -1.58. The summed E-state index contributed by atoms with van der Waals surface area (Å²) in [4.78, 5) is 34.2. The summed E-state index contributed by atoms with van der Waals surface area (Å²) in [5.41, 5.74) is -2.70. The van der Waals surface area contributed by atoms with Crippen LogP contribution in [-0.4, -0.2) is 45.2 Å². The van der Waals surface area contributed by atoms with Gasteiger partial charge in [0.1, 0.15) is 27.1 Å². The van der Waals surface area contributed by atoms with E-state index in [1.165, 1.54) is 42.5 Å². The Balaban J connectivity index is 0.000000215. The van der Waals surface area contributed by atoms with Crippen molar-refractivity contribution in [3.8, 4) is 20.9 Å². The third-order valence-electron chi connectivity index (χ3n) is 8.31. The number of para-hydroxylation sites is 1. The minimum absolute atomic E-state index is 0.0449. The molecule has 0 unspecified atom stereocenters. The number of hydrogen-bond donors (Lipinski definition) is 5. The molecule has 0 saturated carbocycles. The molecule has 1 amide bonds. The zero-order valence-corrected chi connectivity index (χ0v) is 40.3. The van der Waals surface area contributed by atoms with Crippen LogP contribution in [0, 0.1) is 15.2 Å². The molecule has 27 heteroatoms. The van der Waals surface area contributed by atoms with Crippen LogP contribution in [0.4, 0.5) is 54.0 Å². The lowest BCUT2D eigenvalue weighted by atomic mass is 9.90. The van der Waals surface area contributed by atoms with Gasteiger partial charge in [-0.1, -0.05) is 46.9 Å². The van der Waals surface area contributed by atoms with Gasteiger partial charge in [-0.2, -0.15) is 39.5 Å². The fraction of sp³-hybridized carbons (Fsp3) is 0.0714. The number of hydrogen-bond acceptors (Lipinski definition) is 8. The SMILES string of the molecule is FC(F)(F)c1ccc(Cl)c(I)c1.O=C(Nc1c(F)cccc1F)c1ccc(-c2cc(C(F)(F)F)ccc2Cl)s1.O=C(O)c1ccc(-c2cc(C(F)(F)F)ccc2Cl)s1.O=C(O)c1ccc(B(O)O)s1. The predicted octanol–water partition coefficient (Wildman–Crippen LogP) is 14.5. The summed E-state index contributed by atoms with van der Waals surface area (Å²) in [5, 5.41) is 37.1. The summed E-state index contributed by atoms with van der Waals surface area (Å²) < 4.78 is 141. The second kappa shape index (κ2) is 23.9. The molecular formula is C42H23BCl3F11INO7S3.